The maximum Gasteiger partial charge on any atom is 0.311 e. The minimum Gasteiger partial charge on any atom is -0.497 e. The zero-order valence-corrected chi connectivity index (χ0v) is 15.8. The molecule has 28 heavy (non-hydrogen) atoms. The zero-order chi connectivity index (χ0) is 19.7. The highest BCUT2D eigenvalue weighted by molar-refractivity contribution is 5.96. The summed E-state index contributed by atoms with van der Waals surface area (Å²) in [6, 6.07) is 15.1. The number of rotatable bonds is 4. The second-order valence-corrected chi connectivity index (χ2v) is 7.48. The van der Waals surface area contributed by atoms with Crippen LogP contribution in [0.2, 0.25) is 0 Å². The van der Waals surface area contributed by atoms with Gasteiger partial charge in [0, 0.05) is 31.2 Å². The normalized spacial score (nSPS) is 23.9. The van der Waals surface area contributed by atoms with Crippen molar-refractivity contribution in [1.29, 1.82) is 0 Å². The summed E-state index contributed by atoms with van der Waals surface area (Å²) in [6.45, 7) is 1.47. The van der Waals surface area contributed by atoms with E-state index in [1.54, 1.807) is 18.1 Å². The first-order valence-corrected chi connectivity index (χ1v) is 9.38. The molecule has 0 radical (unpaired) electrons. The van der Waals surface area contributed by atoms with Crippen LogP contribution in [0.4, 0.5) is 0 Å². The summed E-state index contributed by atoms with van der Waals surface area (Å²) in [4.78, 5) is 26.7. The van der Waals surface area contributed by atoms with Gasteiger partial charge in [0.25, 0.3) is 5.91 Å². The second-order valence-electron chi connectivity index (χ2n) is 7.48. The minimum absolute atomic E-state index is 0.134. The van der Waals surface area contributed by atoms with Crippen molar-refractivity contribution in [3.8, 4) is 16.9 Å². The summed E-state index contributed by atoms with van der Waals surface area (Å²) < 4.78 is 10.7. The molecule has 0 aromatic heterocycles. The molecule has 1 N–H and O–H groups in total. The standard InChI is InChI=1S/C22H23NO5/c1-27-19-7-5-15(6-8-19)16-3-2-4-17(11-16)20(24)23-12-18-13-28-10-9-22(18,14-23)21(25)26/h2-8,11,18H,9-10,12-14H2,1H3,(H,25,26)/t18-,22+/m1/s1. The molecule has 2 atom stereocenters. The molecule has 2 heterocycles. The molecule has 2 saturated heterocycles. The molecule has 2 aliphatic rings. The molecule has 6 heteroatoms. The van der Waals surface area contributed by atoms with Gasteiger partial charge < -0.3 is 19.5 Å². The van der Waals surface area contributed by atoms with Gasteiger partial charge in [-0.3, -0.25) is 9.59 Å². The van der Waals surface area contributed by atoms with Crippen LogP contribution in [0.1, 0.15) is 16.8 Å². The quantitative estimate of drug-likeness (QED) is 0.881. The monoisotopic (exact) mass is 381 g/mol. The number of carbonyl (C=O) groups excluding carboxylic acids is 1. The van der Waals surface area contributed by atoms with Crippen molar-refractivity contribution in [2.45, 2.75) is 6.42 Å². The van der Waals surface area contributed by atoms with E-state index in [4.69, 9.17) is 9.47 Å². The molecule has 0 spiro atoms. The third-order valence-electron chi connectivity index (χ3n) is 5.95. The number of benzene rings is 2. The Morgan fingerprint density at radius 2 is 1.96 bits per heavy atom. The van der Waals surface area contributed by atoms with Crippen LogP contribution in [0.3, 0.4) is 0 Å². The molecule has 0 bridgehead atoms. The average molecular weight is 381 g/mol. The highest BCUT2D eigenvalue weighted by Crippen LogP contribution is 2.43. The molecule has 2 aliphatic heterocycles. The van der Waals surface area contributed by atoms with Gasteiger partial charge in [0.2, 0.25) is 0 Å². The van der Waals surface area contributed by atoms with E-state index in [-0.39, 0.29) is 18.4 Å². The summed E-state index contributed by atoms with van der Waals surface area (Å²) in [5, 5.41) is 9.80. The largest absolute Gasteiger partial charge is 0.497 e. The van der Waals surface area contributed by atoms with Crippen LogP contribution >= 0.6 is 0 Å². The molecule has 6 nitrogen and oxygen atoms in total. The Bertz CT molecular complexity index is 894. The summed E-state index contributed by atoms with van der Waals surface area (Å²) >= 11 is 0. The van der Waals surface area contributed by atoms with E-state index in [0.29, 0.717) is 31.7 Å². The number of fused-ring (bicyclic) bond motifs is 1. The van der Waals surface area contributed by atoms with E-state index in [1.807, 2.05) is 42.5 Å². The SMILES string of the molecule is COc1ccc(-c2cccc(C(=O)N3C[C@@H]4COCC[C@]4(C(=O)O)C3)c2)cc1. The van der Waals surface area contributed by atoms with Crippen LogP contribution in [-0.2, 0) is 9.53 Å². The van der Waals surface area contributed by atoms with Crippen molar-refractivity contribution in [2.24, 2.45) is 11.3 Å². The van der Waals surface area contributed by atoms with Gasteiger partial charge in [0.15, 0.2) is 0 Å². The lowest BCUT2D eigenvalue weighted by Gasteiger charge is -2.33. The molecule has 0 aliphatic carbocycles. The van der Waals surface area contributed by atoms with Crippen LogP contribution < -0.4 is 4.74 Å². The number of methoxy groups -OCH3 is 1. The highest BCUT2D eigenvalue weighted by Gasteiger charge is 2.54. The van der Waals surface area contributed by atoms with Crippen LogP contribution in [0.15, 0.2) is 48.5 Å². The summed E-state index contributed by atoms with van der Waals surface area (Å²) in [7, 11) is 1.62. The van der Waals surface area contributed by atoms with E-state index >= 15 is 0 Å². The Morgan fingerprint density at radius 1 is 1.18 bits per heavy atom. The number of nitrogens with zero attached hydrogens (tertiary/aromatic N) is 1. The Kier molecular flexibility index (Phi) is 4.81. The predicted molar refractivity (Wildman–Crippen MR) is 103 cm³/mol. The molecule has 4 rings (SSSR count). The number of aliphatic carboxylic acids is 1. The van der Waals surface area contributed by atoms with Gasteiger partial charge in [-0.2, -0.15) is 0 Å². The molecule has 2 aromatic carbocycles. The predicted octanol–water partition coefficient (Wildman–Crippen LogP) is 2.93. The van der Waals surface area contributed by atoms with Crippen LogP contribution in [0, 0.1) is 11.3 Å². The smallest absolute Gasteiger partial charge is 0.311 e. The molecular weight excluding hydrogens is 358 g/mol. The fourth-order valence-electron chi connectivity index (χ4n) is 4.25. The van der Waals surface area contributed by atoms with E-state index < -0.39 is 11.4 Å². The van der Waals surface area contributed by atoms with Crippen molar-refractivity contribution in [2.75, 3.05) is 33.4 Å². The first-order valence-electron chi connectivity index (χ1n) is 9.38. The van der Waals surface area contributed by atoms with Gasteiger partial charge in [0.1, 0.15) is 5.75 Å². The van der Waals surface area contributed by atoms with Gasteiger partial charge >= 0.3 is 5.97 Å². The fourth-order valence-corrected chi connectivity index (χ4v) is 4.25. The minimum atomic E-state index is -0.887. The third kappa shape index (κ3) is 3.14. The topological polar surface area (TPSA) is 76.1 Å². The molecule has 2 aromatic rings. The Labute approximate surface area is 163 Å². The lowest BCUT2D eigenvalue weighted by atomic mass is 9.74. The maximum atomic E-state index is 13.1. The van der Waals surface area contributed by atoms with E-state index in [9.17, 15) is 14.7 Å². The number of carboxylic acids is 1. The molecular formula is C22H23NO5. The van der Waals surface area contributed by atoms with E-state index in [2.05, 4.69) is 0 Å². The van der Waals surface area contributed by atoms with Crippen molar-refractivity contribution < 1.29 is 24.2 Å². The number of carbonyl (C=O) groups is 2. The number of likely N-dealkylation sites (tertiary alicyclic amines) is 1. The van der Waals surface area contributed by atoms with Gasteiger partial charge in [-0.05, 0) is 41.8 Å². The summed E-state index contributed by atoms with van der Waals surface area (Å²) in [6.07, 6.45) is 0.447. The summed E-state index contributed by atoms with van der Waals surface area (Å²) in [5.74, 6) is -0.349. The lowest BCUT2D eigenvalue weighted by molar-refractivity contribution is -0.157. The number of ether oxygens (including phenoxy) is 2. The summed E-state index contributed by atoms with van der Waals surface area (Å²) in [5.41, 5.74) is 1.59. The Morgan fingerprint density at radius 3 is 2.64 bits per heavy atom. The van der Waals surface area contributed by atoms with Crippen molar-refractivity contribution in [3.63, 3.8) is 0 Å². The van der Waals surface area contributed by atoms with Gasteiger partial charge in [-0.25, -0.2) is 0 Å². The zero-order valence-electron chi connectivity index (χ0n) is 15.8. The molecule has 0 unspecified atom stereocenters. The first-order chi connectivity index (χ1) is 13.5. The van der Waals surface area contributed by atoms with Gasteiger partial charge in [0.05, 0.1) is 19.1 Å². The average Bonchev–Trinajstić information content (AvgIpc) is 3.14. The Hall–Kier alpha value is -2.86. The first kappa shape index (κ1) is 18.5. The van der Waals surface area contributed by atoms with Crippen LogP contribution in [0.25, 0.3) is 11.1 Å². The highest BCUT2D eigenvalue weighted by atomic mass is 16.5. The molecule has 1 amide bonds. The van der Waals surface area contributed by atoms with Crippen molar-refractivity contribution in [1.82, 2.24) is 4.90 Å². The number of carboxylic acid groups (broad SMARTS) is 1. The van der Waals surface area contributed by atoms with E-state index in [1.165, 1.54) is 0 Å². The molecule has 2 fully saturated rings. The van der Waals surface area contributed by atoms with Crippen molar-refractivity contribution >= 4 is 11.9 Å². The third-order valence-corrected chi connectivity index (χ3v) is 5.95. The van der Waals surface area contributed by atoms with Gasteiger partial charge in [-0.15, -0.1) is 0 Å². The van der Waals surface area contributed by atoms with E-state index in [0.717, 1.165) is 16.9 Å². The number of hydrogen-bond acceptors (Lipinski definition) is 4. The number of amides is 1. The lowest BCUT2D eigenvalue weighted by Crippen LogP contribution is -2.45. The van der Waals surface area contributed by atoms with Gasteiger partial charge in [-0.1, -0.05) is 24.3 Å². The molecule has 146 valence electrons. The molecule has 0 saturated carbocycles. The van der Waals surface area contributed by atoms with Crippen LogP contribution in [-0.4, -0.2) is 55.3 Å². The van der Waals surface area contributed by atoms with Crippen molar-refractivity contribution in [3.05, 3.63) is 54.1 Å². The second kappa shape index (κ2) is 7.28. The Balaban J connectivity index is 1.58. The maximum absolute atomic E-state index is 13.1. The fraction of sp³-hybridized carbons (Fsp3) is 0.364. The number of hydrogen-bond donors (Lipinski definition) is 1. The van der Waals surface area contributed by atoms with Crippen LogP contribution in [0.5, 0.6) is 5.75 Å².